The standard InChI is InChI=1S/C51H63ClN7O12P/c1-66-43-33-37(12-11-35(43)32-45-54-34-39(52)41(55-45)31-36-7-4-5-10-44(36)72(2,3)65)57-17-19-58(20-18-57)47(61)15-21-67-23-25-69-27-29-71-30-28-70-26-24-68-22-16-53-40-9-6-8-38-48(40)51(64)59(50(38)63)42-13-14-46(60)56-49(42)62/h4-12,33-34,42,53H,13-32H2,1-3H3,(H,56,60,62). The number of rotatable bonds is 27. The smallest absolute Gasteiger partial charge is 0.264 e. The first-order valence-electron chi connectivity index (χ1n) is 24.1. The summed E-state index contributed by atoms with van der Waals surface area (Å²) < 4.78 is 46.7. The van der Waals surface area contributed by atoms with Crippen LogP contribution in [0.5, 0.6) is 5.75 Å². The summed E-state index contributed by atoms with van der Waals surface area (Å²) in [5.74, 6) is -0.825. The van der Waals surface area contributed by atoms with Gasteiger partial charge in [0, 0.05) is 86.5 Å². The molecule has 1 aromatic heterocycles. The Morgan fingerprint density at radius 2 is 1.46 bits per heavy atom. The van der Waals surface area contributed by atoms with E-state index >= 15 is 0 Å². The molecule has 5 amide bonds. The highest BCUT2D eigenvalue weighted by atomic mass is 35.5. The molecule has 72 heavy (non-hydrogen) atoms. The number of nitrogens with zero attached hydrogens (tertiary/aromatic N) is 5. The summed E-state index contributed by atoms with van der Waals surface area (Å²) >= 11 is 6.54. The number of fused-ring (bicyclic) bond motifs is 1. The molecule has 386 valence electrons. The first kappa shape index (κ1) is 54.0. The number of carbonyl (C=O) groups excluding carboxylic acids is 5. The van der Waals surface area contributed by atoms with Crippen molar-refractivity contribution in [2.45, 2.75) is 38.1 Å². The van der Waals surface area contributed by atoms with Crippen LogP contribution < -0.4 is 25.6 Å². The maximum atomic E-state index is 13.2. The van der Waals surface area contributed by atoms with Crippen molar-refractivity contribution < 1.29 is 57.0 Å². The van der Waals surface area contributed by atoms with Gasteiger partial charge in [-0.1, -0.05) is 48.0 Å². The molecule has 0 saturated carbocycles. The van der Waals surface area contributed by atoms with Crippen LogP contribution in [0, 0.1) is 0 Å². The highest BCUT2D eigenvalue weighted by Gasteiger charge is 2.45. The fourth-order valence-electron chi connectivity index (χ4n) is 8.70. The lowest BCUT2D eigenvalue weighted by Crippen LogP contribution is -2.54. The van der Waals surface area contributed by atoms with Gasteiger partial charge < -0.3 is 48.1 Å². The average molecular weight is 1030 g/mol. The highest BCUT2D eigenvalue weighted by molar-refractivity contribution is 7.70. The number of halogens is 1. The van der Waals surface area contributed by atoms with E-state index in [1.54, 1.807) is 44.8 Å². The molecule has 19 nitrogen and oxygen atoms in total. The van der Waals surface area contributed by atoms with E-state index in [0.29, 0.717) is 140 Å². The van der Waals surface area contributed by atoms with Crippen LogP contribution in [0.4, 0.5) is 11.4 Å². The van der Waals surface area contributed by atoms with Gasteiger partial charge in [0.25, 0.3) is 11.8 Å². The molecule has 3 aliphatic heterocycles. The number of carbonyl (C=O) groups is 5. The molecule has 3 aliphatic rings. The largest absolute Gasteiger partial charge is 0.496 e. The summed E-state index contributed by atoms with van der Waals surface area (Å²) in [4.78, 5) is 77.5. The fraction of sp³-hybridized carbons (Fsp3) is 0.471. The SMILES string of the molecule is COc1cc(N2CCN(C(=O)CCOCCOCCOCCOCCOCCNc3cccc4c3C(=O)N(C3CCC(=O)NC3=O)C4=O)CC2)ccc1Cc1ncc(Cl)c(Cc2ccccc2P(C)(C)=O)n1. The van der Waals surface area contributed by atoms with Gasteiger partial charge in [-0.05, 0) is 43.5 Å². The molecule has 0 aliphatic carbocycles. The molecule has 3 aromatic carbocycles. The third-order valence-electron chi connectivity index (χ3n) is 12.4. The fourth-order valence-corrected chi connectivity index (χ4v) is 10.1. The Hall–Kier alpha value is -5.79. The quantitative estimate of drug-likeness (QED) is 0.0486. The van der Waals surface area contributed by atoms with Gasteiger partial charge in [0.2, 0.25) is 17.7 Å². The summed E-state index contributed by atoms with van der Waals surface area (Å²) in [6.07, 6.45) is 2.95. The Kier molecular flexibility index (Phi) is 19.7. The van der Waals surface area contributed by atoms with Crippen LogP contribution in [-0.2, 0) is 55.5 Å². The van der Waals surface area contributed by atoms with Crippen LogP contribution in [0.2, 0.25) is 5.02 Å². The van der Waals surface area contributed by atoms with E-state index in [2.05, 4.69) is 26.6 Å². The minimum absolute atomic E-state index is 0.0546. The monoisotopic (exact) mass is 1030 g/mol. The number of piperidine rings is 1. The van der Waals surface area contributed by atoms with Crippen LogP contribution in [0.1, 0.15) is 62.6 Å². The van der Waals surface area contributed by atoms with Crippen molar-refractivity contribution in [3.8, 4) is 5.75 Å². The second-order valence-corrected chi connectivity index (χ2v) is 21.3. The number of anilines is 2. The lowest BCUT2D eigenvalue weighted by molar-refractivity contribution is -0.136. The Bertz CT molecular complexity index is 2610. The van der Waals surface area contributed by atoms with Crippen LogP contribution >= 0.6 is 18.7 Å². The molecule has 0 radical (unpaired) electrons. The summed E-state index contributed by atoms with van der Waals surface area (Å²) in [6, 6.07) is 17.7. The Morgan fingerprint density at radius 1 is 0.792 bits per heavy atom. The Labute approximate surface area is 424 Å². The zero-order chi connectivity index (χ0) is 51.0. The summed E-state index contributed by atoms with van der Waals surface area (Å²) in [5, 5.41) is 6.62. The van der Waals surface area contributed by atoms with E-state index in [4.69, 9.17) is 45.0 Å². The number of methoxy groups -OCH3 is 1. The van der Waals surface area contributed by atoms with E-state index in [-0.39, 0.29) is 29.9 Å². The van der Waals surface area contributed by atoms with Gasteiger partial charge in [0.1, 0.15) is 24.8 Å². The third-order valence-corrected chi connectivity index (χ3v) is 14.3. The van der Waals surface area contributed by atoms with Gasteiger partial charge in [0.15, 0.2) is 0 Å². The van der Waals surface area contributed by atoms with E-state index in [0.717, 1.165) is 32.8 Å². The molecular formula is C51H63ClN7O12P. The van der Waals surface area contributed by atoms with Crippen LogP contribution in [-0.4, -0.2) is 175 Å². The van der Waals surface area contributed by atoms with Crippen molar-refractivity contribution in [3.63, 3.8) is 0 Å². The first-order valence-corrected chi connectivity index (χ1v) is 27.1. The number of benzene rings is 3. The van der Waals surface area contributed by atoms with Crippen molar-refractivity contribution in [1.29, 1.82) is 0 Å². The molecule has 1 atom stereocenters. The number of amides is 5. The second kappa shape index (κ2) is 26.2. The van der Waals surface area contributed by atoms with Gasteiger partial charge >= 0.3 is 0 Å². The predicted octanol–water partition coefficient (Wildman–Crippen LogP) is 4.20. The molecule has 2 fully saturated rings. The lowest BCUT2D eigenvalue weighted by Gasteiger charge is -2.36. The highest BCUT2D eigenvalue weighted by Crippen LogP contribution is 2.37. The zero-order valence-corrected chi connectivity index (χ0v) is 42.7. The maximum absolute atomic E-state index is 13.2. The molecule has 2 saturated heterocycles. The molecule has 4 aromatic rings. The number of hydrogen-bond donors (Lipinski definition) is 2. The van der Waals surface area contributed by atoms with Crippen LogP contribution in [0.15, 0.2) is 66.9 Å². The number of aromatic nitrogens is 2. The van der Waals surface area contributed by atoms with E-state index in [9.17, 15) is 28.5 Å². The normalized spacial score (nSPS) is 16.1. The second-order valence-electron chi connectivity index (χ2n) is 17.7. The Morgan fingerprint density at radius 3 is 2.12 bits per heavy atom. The molecule has 4 heterocycles. The third kappa shape index (κ3) is 14.5. The molecule has 0 spiro atoms. The molecule has 21 heteroatoms. The average Bonchev–Trinajstić information content (AvgIpc) is 3.62. The van der Waals surface area contributed by atoms with Crippen molar-refractivity contribution in [3.05, 3.63) is 106 Å². The maximum Gasteiger partial charge on any atom is 0.264 e. The van der Waals surface area contributed by atoms with Gasteiger partial charge in [-0.25, -0.2) is 9.97 Å². The van der Waals surface area contributed by atoms with Gasteiger partial charge in [-0.3, -0.25) is 34.2 Å². The number of hydrogen-bond acceptors (Lipinski definition) is 16. The molecule has 2 N–H and O–H groups in total. The van der Waals surface area contributed by atoms with Crippen molar-refractivity contribution >= 4 is 65.0 Å². The predicted molar refractivity (Wildman–Crippen MR) is 270 cm³/mol. The summed E-state index contributed by atoms with van der Waals surface area (Å²) in [7, 11) is -0.850. The number of imide groups is 2. The van der Waals surface area contributed by atoms with Crippen LogP contribution in [0.3, 0.4) is 0 Å². The van der Waals surface area contributed by atoms with E-state index in [1.165, 1.54) is 0 Å². The topological polar surface area (TPSA) is 217 Å². The minimum Gasteiger partial charge on any atom is -0.496 e. The van der Waals surface area contributed by atoms with Crippen molar-refractivity contribution in [1.82, 2.24) is 25.1 Å². The molecular weight excluding hydrogens is 969 g/mol. The molecule has 7 rings (SSSR count). The van der Waals surface area contributed by atoms with Gasteiger partial charge in [-0.15, -0.1) is 0 Å². The molecule has 0 bridgehead atoms. The van der Waals surface area contributed by atoms with E-state index < -0.39 is 36.8 Å². The summed E-state index contributed by atoms with van der Waals surface area (Å²) in [5.41, 5.74) is 4.42. The number of ether oxygens (including phenoxy) is 6. The van der Waals surface area contributed by atoms with Gasteiger partial charge in [-0.2, -0.15) is 0 Å². The van der Waals surface area contributed by atoms with Crippen LogP contribution in [0.25, 0.3) is 0 Å². The summed E-state index contributed by atoms with van der Waals surface area (Å²) in [6.45, 7) is 10.1. The zero-order valence-electron chi connectivity index (χ0n) is 41.0. The van der Waals surface area contributed by atoms with Crippen molar-refractivity contribution in [2.24, 2.45) is 0 Å². The van der Waals surface area contributed by atoms with Gasteiger partial charge in [0.05, 0.1) is 101 Å². The van der Waals surface area contributed by atoms with E-state index in [1.807, 2.05) is 41.3 Å². The molecule has 1 unspecified atom stereocenters. The van der Waals surface area contributed by atoms with Crippen molar-refractivity contribution in [2.75, 3.05) is 129 Å². The number of nitrogens with one attached hydrogen (secondary N) is 2. The minimum atomic E-state index is -2.49. The first-order chi connectivity index (χ1) is 34.8. The number of piperazine rings is 1. The Balaban J connectivity index is 0.687. The lowest BCUT2D eigenvalue weighted by atomic mass is 10.0.